The van der Waals surface area contributed by atoms with E-state index in [0.717, 1.165) is 12.3 Å². The fraction of sp³-hybridized carbons (Fsp3) is 0.143. The van der Waals surface area contributed by atoms with E-state index in [0.29, 0.717) is 0 Å². The third-order valence-electron chi connectivity index (χ3n) is 1.40. The van der Waals surface area contributed by atoms with Crippen LogP contribution in [0.25, 0.3) is 0 Å². The van der Waals surface area contributed by atoms with Gasteiger partial charge in [-0.25, -0.2) is 15.3 Å². The van der Waals surface area contributed by atoms with Crippen molar-refractivity contribution < 1.29 is 19.7 Å². The summed E-state index contributed by atoms with van der Waals surface area (Å²) in [7, 11) is 0. The van der Waals surface area contributed by atoms with Crippen LogP contribution in [0.5, 0.6) is 0 Å². The molecule has 0 unspecified atom stereocenters. The van der Waals surface area contributed by atoms with Gasteiger partial charge in [-0.05, 0) is 0 Å². The molecule has 8 nitrogen and oxygen atoms in total. The number of hydrogen-bond donors (Lipinski definition) is 2. The molecule has 2 N–H and O–H groups in total. The van der Waals surface area contributed by atoms with Crippen LogP contribution < -0.4 is 5.48 Å². The maximum atomic E-state index is 10.3. The highest BCUT2D eigenvalue weighted by Gasteiger charge is 2.11. The highest BCUT2D eigenvalue weighted by molar-refractivity contribution is 6.33. The third-order valence-corrected chi connectivity index (χ3v) is 1.69. The molecule has 0 saturated heterocycles. The molecule has 0 aliphatic carbocycles. The quantitative estimate of drug-likeness (QED) is 0.591. The van der Waals surface area contributed by atoms with Gasteiger partial charge in [-0.15, -0.1) is 0 Å². The van der Waals surface area contributed by atoms with Crippen molar-refractivity contribution in [1.82, 2.24) is 4.98 Å². The van der Waals surface area contributed by atoms with Gasteiger partial charge >= 0.3 is 5.97 Å². The van der Waals surface area contributed by atoms with Crippen molar-refractivity contribution in [3.05, 3.63) is 27.4 Å². The number of anilines is 1. The molecule has 0 aliphatic heterocycles. The van der Waals surface area contributed by atoms with Crippen LogP contribution in [-0.2, 0) is 9.63 Å². The average molecular weight is 248 g/mol. The summed E-state index contributed by atoms with van der Waals surface area (Å²) < 4.78 is 0. The molecule has 1 aromatic heterocycles. The molecule has 1 rings (SSSR count). The molecule has 0 aliphatic rings. The smallest absolute Gasteiger partial charge is 0.332 e. The Balaban J connectivity index is 2.68. The topological polar surface area (TPSA) is 115 Å². The van der Waals surface area contributed by atoms with E-state index in [1.807, 2.05) is 0 Å². The van der Waals surface area contributed by atoms with Crippen LogP contribution in [0.1, 0.15) is 0 Å². The average Bonchev–Trinajstić information content (AvgIpc) is 2.19. The maximum absolute atomic E-state index is 10.3. The molecule has 86 valence electrons. The second-order valence-electron chi connectivity index (χ2n) is 2.57. The number of carboxylic acids is 1. The number of rotatable bonds is 5. The predicted molar refractivity (Wildman–Crippen MR) is 53.1 cm³/mol. The summed E-state index contributed by atoms with van der Waals surface area (Å²) in [6, 6.07) is 1.07. The first kappa shape index (κ1) is 12.1. The standard InChI is InChI=1S/C7H6ClN3O5/c8-5-1-4(11(14)15)2-9-7(5)10-16-3-6(12)13/h1-2H,3H2,(H,9,10)(H,12,13). The second-order valence-corrected chi connectivity index (χ2v) is 2.97. The fourth-order valence-electron chi connectivity index (χ4n) is 0.769. The van der Waals surface area contributed by atoms with Gasteiger partial charge in [0.05, 0.1) is 9.95 Å². The van der Waals surface area contributed by atoms with Crippen molar-refractivity contribution in [3.63, 3.8) is 0 Å². The molecule has 0 radical (unpaired) electrons. The minimum atomic E-state index is -1.18. The van der Waals surface area contributed by atoms with Crippen LogP contribution in [0.4, 0.5) is 11.5 Å². The van der Waals surface area contributed by atoms with E-state index in [2.05, 4.69) is 15.3 Å². The van der Waals surface area contributed by atoms with E-state index in [1.165, 1.54) is 0 Å². The van der Waals surface area contributed by atoms with Gasteiger partial charge in [0.1, 0.15) is 6.20 Å². The first-order valence-electron chi connectivity index (χ1n) is 3.90. The fourth-order valence-corrected chi connectivity index (χ4v) is 0.968. The Morgan fingerprint density at radius 2 is 2.44 bits per heavy atom. The molecule has 16 heavy (non-hydrogen) atoms. The Labute approximate surface area is 93.9 Å². The lowest BCUT2D eigenvalue weighted by atomic mass is 10.4. The lowest BCUT2D eigenvalue weighted by Crippen LogP contribution is -2.12. The van der Waals surface area contributed by atoms with Gasteiger partial charge in [0, 0.05) is 6.07 Å². The molecule has 0 atom stereocenters. The molecular weight excluding hydrogens is 242 g/mol. The number of hydrogen-bond acceptors (Lipinski definition) is 6. The van der Waals surface area contributed by atoms with Crippen LogP contribution >= 0.6 is 11.6 Å². The van der Waals surface area contributed by atoms with Gasteiger partial charge < -0.3 is 5.11 Å². The van der Waals surface area contributed by atoms with Gasteiger partial charge in [-0.1, -0.05) is 11.6 Å². The van der Waals surface area contributed by atoms with Crippen LogP contribution in [0.2, 0.25) is 5.02 Å². The Morgan fingerprint density at radius 3 is 2.94 bits per heavy atom. The minimum absolute atomic E-state index is 0.00789. The number of nitrogens with zero attached hydrogens (tertiary/aromatic N) is 2. The number of aliphatic carboxylic acids is 1. The predicted octanol–water partition coefficient (Wildman–Crippen LogP) is 1.07. The second kappa shape index (κ2) is 5.24. The molecule has 0 amide bonds. The van der Waals surface area contributed by atoms with Gasteiger partial charge in [-0.2, -0.15) is 0 Å². The zero-order valence-corrected chi connectivity index (χ0v) is 8.47. The summed E-state index contributed by atoms with van der Waals surface area (Å²) in [4.78, 5) is 27.9. The van der Waals surface area contributed by atoms with Gasteiger partial charge in [0.2, 0.25) is 0 Å². The monoisotopic (exact) mass is 247 g/mol. The van der Waals surface area contributed by atoms with Crippen molar-refractivity contribution in [2.24, 2.45) is 0 Å². The van der Waals surface area contributed by atoms with Gasteiger partial charge in [0.15, 0.2) is 12.4 Å². The number of nitro groups is 1. The van der Waals surface area contributed by atoms with Crippen LogP contribution in [0.15, 0.2) is 12.3 Å². The molecule has 0 spiro atoms. The van der Waals surface area contributed by atoms with E-state index >= 15 is 0 Å². The summed E-state index contributed by atoms with van der Waals surface area (Å²) >= 11 is 5.63. The van der Waals surface area contributed by atoms with Crippen molar-refractivity contribution in [1.29, 1.82) is 0 Å². The first-order valence-corrected chi connectivity index (χ1v) is 4.28. The van der Waals surface area contributed by atoms with Crippen molar-refractivity contribution in [2.75, 3.05) is 12.1 Å². The molecule has 0 aromatic carbocycles. The summed E-state index contributed by atoms with van der Waals surface area (Å²) in [6.45, 7) is -0.588. The third kappa shape index (κ3) is 3.33. The number of pyridine rings is 1. The number of carbonyl (C=O) groups is 1. The Morgan fingerprint density at radius 1 is 1.75 bits per heavy atom. The van der Waals surface area contributed by atoms with E-state index < -0.39 is 17.5 Å². The zero-order chi connectivity index (χ0) is 12.1. The lowest BCUT2D eigenvalue weighted by molar-refractivity contribution is -0.385. The Bertz CT molecular complexity index is 424. The molecule has 0 bridgehead atoms. The maximum Gasteiger partial charge on any atom is 0.332 e. The summed E-state index contributed by atoms with van der Waals surface area (Å²) in [5.41, 5.74) is 1.89. The summed E-state index contributed by atoms with van der Waals surface area (Å²) in [5.74, 6) is -1.17. The summed E-state index contributed by atoms with van der Waals surface area (Å²) in [6.07, 6.45) is 0.971. The normalized spacial score (nSPS) is 9.81. The van der Waals surface area contributed by atoms with E-state index in [4.69, 9.17) is 16.7 Å². The van der Waals surface area contributed by atoms with E-state index in [9.17, 15) is 14.9 Å². The first-order chi connectivity index (χ1) is 7.50. The zero-order valence-electron chi connectivity index (χ0n) is 7.71. The largest absolute Gasteiger partial charge is 0.479 e. The summed E-state index contributed by atoms with van der Waals surface area (Å²) in [5, 5.41) is 18.6. The van der Waals surface area contributed by atoms with Crippen molar-refractivity contribution >= 4 is 29.1 Å². The number of aromatic nitrogens is 1. The molecule has 0 saturated carbocycles. The van der Waals surface area contributed by atoms with E-state index in [1.54, 1.807) is 0 Å². The van der Waals surface area contributed by atoms with Crippen molar-refractivity contribution in [2.45, 2.75) is 0 Å². The Kier molecular flexibility index (Phi) is 3.97. The molecule has 0 fully saturated rings. The Hall–Kier alpha value is -1.93. The van der Waals surface area contributed by atoms with Crippen LogP contribution in [0, 0.1) is 10.1 Å². The van der Waals surface area contributed by atoms with E-state index in [-0.39, 0.29) is 16.5 Å². The van der Waals surface area contributed by atoms with Gasteiger partial charge in [-0.3, -0.25) is 15.0 Å². The minimum Gasteiger partial charge on any atom is -0.479 e. The highest BCUT2D eigenvalue weighted by atomic mass is 35.5. The number of nitrogens with one attached hydrogen (secondary N) is 1. The SMILES string of the molecule is O=C(O)CONc1ncc([N+](=O)[O-])cc1Cl. The lowest BCUT2D eigenvalue weighted by Gasteiger charge is -2.05. The van der Waals surface area contributed by atoms with Crippen LogP contribution in [0.3, 0.4) is 0 Å². The molecule has 1 heterocycles. The van der Waals surface area contributed by atoms with Gasteiger partial charge in [0.25, 0.3) is 5.69 Å². The molecule has 9 heteroatoms. The molecule has 1 aromatic rings. The molecular formula is C7H6ClN3O5. The van der Waals surface area contributed by atoms with Crippen LogP contribution in [-0.4, -0.2) is 27.6 Å². The van der Waals surface area contributed by atoms with Crippen molar-refractivity contribution in [3.8, 4) is 0 Å². The number of halogens is 1. The highest BCUT2D eigenvalue weighted by Crippen LogP contribution is 2.23. The number of carboxylic acid groups (broad SMARTS) is 1.